The number of rotatable bonds is 1. The van der Waals surface area contributed by atoms with E-state index in [1.165, 1.54) is 44.9 Å². The molecule has 0 radical (unpaired) electrons. The first-order valence-corrected chi connectivity index (χ1v) is 9.91. The van der Waals surface area contributed by atoms with E-state index in [1.54, 1.807) is 6.08 Å². The van der Waals surface area contributed by atoms with Crippen molar-refractivity contribution in [3.05, 3.63) is 12.7 Å². The van der Waals surface area contributed by atoms with Crippen LogP contribution in [0.4, 0.5) is 0 Å². The Morgan fingerprint density at radius 3 is 2.52 bits per heavy atom. The zero-order valence-electron chi connectivity index (χ0n) is 14.9. The van der Waals surface area contributed by atoms with E-state index in [0.29, 0.717) is 17.3 Å². The van der Waals surface area contributed by atoms with E-state index in [-0.39, 0.29) is 5.41 Å². The number of aliphatic hydroxyl groups excluding tert-OH is 1. The van der Waals surface area contributed by atoms with E-state index in [0.717, 1.165) is 24.7 Å². The van der Waals surface area contributed by atoms with Crippen molar-refractivity contribution in [1.29, 1.82) is 0 Å². The third-order valence-electron chi connectivity index (χ3n) is 9.18. The van der Waals surface area contributed by atoms with Crippen molar-refractivity contribution in [3.8, 4) is 0 Å². The van der Waals surface area contributed by atoms with E-state index in [1.807, 2.05) is 0 Å². The van der Waals surface area contributed by atoms with Crippen LogP contribution in [0, 0.1) is 34.5 Å². The fourth-order valence-corrected chi connectivity index (χ4v) is 7.72. The fourth-order valence-electron chi connectivity index (χ4n) is 7.72. The van der Waals surface area contributed by atoms with Gasteiger partial charge in [-0.2, -0.15) is 0 Å². The van der Waals surface area contributed by atoms with Gasteiger partial charge in [0, 0.05) is 5.41 Å². The van der Waals surface area contributed by atoms with Crippen molar-refractivity contribution in [1.82, 2.24) is 0 Å². The summed E-state index contributed by atoms with van der Waals surface area (Å²) < 4.78 is 0. The summed E-state index contributed by atoms with van der Waals surface area (Å²) in [5, 5.41) is 21.8. The van der Waals surface area contributed by atoms with Gasteiger partial charge in [0.25, 0.3) is 0 Å². The van der Waals surface area contributed by atoms with Gasteiger partial charge in [0.05, 0.1) is 6.10 Å². The molecule has 0 saturated heterocycles. The van der Waals surface area contributed by atoms with Crippen LogP contribution in [0.15, 0.2) is 12.7 Å². The first-order valence-electron chi connectivity index (χ1n) is 9.91. The molecule has 130 valence electrons. The zero-order valence-corrected chi connectivity index (χ0v) is 14.9. The summed E-state index contributed by atoms with van der Waals surface area (Å²) in [4.78, 5) is 0. The van der Waals surface area contributed by atoms with Crippen LogP contribution >= 0.6 is 0 Å². The van der Waals surface area contributed by atoms with Crippen LogP contribution in [-0.2, 0) is 0 Å². The minimum absolute atomic E-state index is 0.187. The highest BCUT2D eigenvalue weighted by Crippen LogP contribution is 2.68. The van der Waals surface area contributed by atoms with Crippen LogP contribution in [-0.4, -0.2) is 21.9 Å². The van der Waals surface area contributed by atoms with Gasteiger partial charge in [0.15, 0.2) is 0 Å². The number of hydrogen-bond donors (Lipinski definition) is 2. The first kappa shape index (κ1) is 16.1. The van der Waals surface area contributed by atoms with E-state index in [9.17, 15) is 10.2 Å². The minimum atomic E-state index is -1.09. The monoisotopic (exact) mass is 318 g/mol. The van der Waals surface area contributed by atoms with E-state index in [2.05, 4.69) is 20.4 Å². The second-order valence-electron chi connectivity index (χ2n) is 9.64. The van der Waals surface area contributed by atoms with Crippen molar-refractivity contribution in [2.45, 2.75) is 83.3 Å². The lowest BCUT2D eigenvalue weighted by molar-refractivity contribution is -0.147. The second-order valence-corrected chi connectivity index (χ2v) is 9.64. The maximum atomic E-state index is 11.1. The third-order valence-corrected chi connectivity index (χ3v) is 9.18. The summed E-state index contributed by atoms with van der Waals surface area (Å²) in [5.74, 6) is 2.88. The van der Waals surface area contributed by atoms with Gasteiger partial charge in [0.2, 0.25) is 0 Å². The molecule has 2 unspecified atom stereocenters. The summed E-state index contributed by atoms with van der Waals surface area (Å²) in [6.07, 6.45) is 12.4. The Hall–Kier alpha value is -0.340. The van der Waals surface area contributed by atoms with Crippen molar-refractivity contribution in [2.24, 2.45) is 34.5 Å². The molecule has 4 rings (SSSR count). The largest absolute Gasteiger partial charge is 0.390 e. The normalized spacial score (nSPS) is 58.9. The van der Waals surface area contributed by atoms with Crippen molar-refractivity contribution in [3.63, 3.8) is 0 Å². The van der Waals surface area contributed by atoms with Gasteiger partial charge in [-0.25, -0.2) is 0 Å². The zero-order chi connectivity index (χ0) is 16.5. The van der Waals surface area contributed by atoms with E-state index < -0.39 is 11.7 Å². The summed E-state index contributed by atoms with van der Waals surface area (Å²) in [7, 11) is 0. The standard InChI is InChI=1S/C21H34O2/c1-4-21(23)18(22)13-17-15-9-8-14-7-5-6-11-19(14,2)16(15)10-12-20(17,21)3/h4,14-18,22-23H,1,5-13H2,2-3H3/t14?,15-,16+,17+,18?,19+,20+,21-/m1/s1. The first-order chi connectivity index (χ1) is 10.9. The van der Waals surface area contributed by atoms with Gasteiger partial charge in [-0.05, 0) is 74.0 Å². The smallest absolute Gasteiger partial charge is 0.114 e. The molecule has 0 heterocycles. The van der Waals surface area contributed by atoms with Gasteiger partial charge in [-0.1, -0.05) is 32.8 Å². The molecule has 4 saturated carbocycles. The lowest BCUT2D eigenvalue weighted by Crippen LogP contribution is -2.56. The molecule has 0 aromatic heterocycles. The molecular formula is C21H34O2. The number of hydrogen-bond acceptors (Lipinski definition) is 2. The quantitative estimate of drug-likeness (QED) is 0.707. The van der Waals surface area contributed by atoms with Crippen LogP contribution in [0.25, 0.3) is 0 Å². The Bertz CT molecular complexity index is 502. The van der Waals surface area contributed by atoms with Crippen LogP contribution in [0.2, 0.25) is 0 Å². The molecule has 0 amide bonds. The Morgan fingerprint density at radius 2 is 1.78 bits per heavy atom. The summed E-state index contributed by atoms with van der Waals surface area (Å²) in [6.45, 7) is 8.67. The molecule has 0 aromatic carbocycles. The highest BCUT2D eigenvalue weighted by atomic mass is 16.3. The Balaban J connectivity index is 1.69. The summed E-state index contributed by atoms with van der Waals surface area (Å²) in [6, 6.07) is 0. The topological polar surface area (TPSA) is 40.5 Å². The summed E-state index contributed by atoms with van der Waals surface area (Å²) >= 11 is 0. The molecule has 23 heavy (non-hydrogen) atoms. The molecule has 4 aliphatic carbocycles. The minimum Gasteiger partial charge on any atom is -0.390 e. The van der Waals surface area contributed by atoms with Gasteiger partial charge >= 0.3 is 0 Å². The fraction of sp³-hybridized carbons (Fsp3) is 0.905. The summed E-state index contributed by atoms with van der Waals surface area (Å²) in [5.41, 5.74) is -0.761. The van der Waals surface area contributed by atoms with Crippen molar-refractivity contribution >= 4 is 0 Å². The van der Waals surface area contributed by atoms with Crippen molar-refractivity contribution in [2.75, 3.05) is 0 Å². The second kappa shape index (κ2) is 5.08. The molecule has 8 atom stereocenters. The average molecular weight is 319 g/mol. The van der Waals surface area contributed by atoms with Crippen LogP contribution < -0.4 is 0 Å². The molecular weight excluding hydrogens is 284 g/mol. The van der Waals surface area contributed by atoms with Gasteiger partial charge < -0.3 is 10.2 Å². The highest BCUT2D eigenvalue weighted by Gasteiger charge is 2.66. The molecule has 2 nitrogen and oxygen atoms in total. The van der Waals surface area contributed by atoms with Crippen LogP contribution in [0.1, 0.15) is 71.6 Å². The molecule has 0 bridgehead atoms. The lowest BCUT2D eigenvalue weighted by Gasteiger charge is -2.61. The number of fused-ring (bicyclic) bond motifs is 5. The predicted molar refractivity (Wildman–Crippen MR) is 92.9 cm³/mol. The number of aliphatic hydroxyl groups is 2. The molecule has 0 aliphatic heterocycles. The third kappa shape index (κ3) is 1.88. The van der Waals surface area contributed by atoms with E-state index >= 15 is 0 Å². The van der Waals surface area contributed by atoms with E-state index in [4.69, 9.17) is 0 Å². The molecule has 2 heteroatoms. The van der Waals surface area contributed by atoms with Gasteiger partial charge in [-0.15, -0.1) is 6.58 Å². The van der Waals surface area contributed by atoms with Gasteiger partial charge in [0.1, 0.15) is 5.60 Å². The SMILES string of the molecule is C=C[C@@]1(O)C(O)C[C@H]2[C@@H]3CCC4CCCC[C@]4(C)[C@H]3CC[C@@]21C. The Labute approximate surface area is 141 Å². The molecule has 0 aromatic rings. The molecule has 2 N–H and O–H groups in total. The predicted octanol–water partition coefficient (Wildman–Crippen LogP) is 4.31. The maximum Gasteiger partial charge on any atom is 0.114 e. The van der Waals surface area contributed by atoms with Gasteiger partial charge in [-0.3, -0.25) is 0 Å². The molecule has 4 fully saturated rings. The van der Waals surface area contributed by atoms with Crippen LogP contribution in [0.5, 0.6) is 0 Å². The Kier molecular flexibility index (Phi) is 3.57. The molecule has 0 spiro atoms. The van der Waals surface area contributed by atoms with Crippen molar-refractivity contribution < 1.29 is 10.2 Å². The lowest BCUT2D eigenvalue weighted by atomic mass is 9.44. The maximum absolute atomic E-state index is 11.1. The average Bonchev–Trinajstić information content (AvgIpc) is 2.75. The van der Waals surface area contributed by atoms with Crippen LogP contribution in [0.3, 0.4) is 0 Å². The molecule has 4 aliphatic rings. The Morgan fingerprint density at radius 1 is 1.00 bits per heavy atom. The highest BCUT2D eigenvalue weighted by molar-refractivity contribution is 5.22.